The zero-order valence-electron chi connectivity index (χ0n) is 11.5. The minimum absolute atomic E-state index is 0.109. The molecule has 0 radical (unpaired) electrons. The Hall–Kier alpha value is -1.08. The number of halogens is 3. The van der Waals surface area contributed by atoms with Gasteiger partial charge in [0.15, 0.2) is 0 Å². The van der Waals surface area contributed by atoms with Gasteiger partial charge in [0, 0.05) is 12.7 Å². The molecule has 0 aliphatic heterocycles. The maximum absolute atomic E-state index is 12.9. The van der Waals surface area contributed by atoms with Crippen LogP contribution < -0.4 is 11.3 Å². The highest BCUT2D eigenvalue weighted by Gasteiger charge is 2.44. The molecule has 1 aliphatic rings. The molecule has 2 rings (SSSR count). The van der Waals surface area contributed by atoms with Gasteiger partial charge in [-0.25, -0.2) is 0 Å². The third kappa shape index (κ3) is 3.15. The van der Waals surface area contributed by atoms with Crippen LogP contribution in [0.25, 0.3) is 0 Å². The molecule has 1 fully saturated rings. The van der Waals surface area contributed by atoms with Crippen molar-refractivity contribution in [3.05, 3.63) is 18.0 Å². The lowest BCUT2D eigenvalue weighted by molar-refractivity contribution is -0.186. The lowest BCUT2D eigenvalue weighted by Crippen LogP contribution is -2.39. The molecule has 4 nitrogen and oxygen atoms in total. The minimum Gasteiger partial charge on any atom is -0.271 e. The van der Waals surface area contributed by atoms with Crippen LogP contribution >= 0.6 is 0 Å². The van der Waals surface area contributed by atoms with Crippen LogP contribution in [0.1, 0.15) is 44.3 Å². The molecule has 0 spiro atoms. The van der Waals surface area contributed by atoms with Gasteiger partial charge >= 0.3 is 6.18 Å². The molecule has 1 aromatic heterocycles. The van der Waals surface area contributed by atoms with Crippen molar-refractivity contribution in [2.45, 2.75) is 51.4 Å². The van der Waals surface area contributed by atoms with Crippen molar-refractivity contribution in [3.8, 4) is 0 Å². The third-order valence-electron chi connectivity index (χ3n) is 4.20. The summed E-state index contributed by atoms with van der Waals surface area (Å²) >= 11 is 0. The van der Waals surface area contributed by atoms with E-state index >= 15 is 0 Å². The van der Waals surface area contributed by atoms with E-state index in [4.69, 9.17) is 5.84 Å². The first-order valence-electron chi connectivity index (χ1n) is 7.02. The molecule has 0 amide bonds. The van der Waals surface area contributed by atoms with E-state index in [-0.39, 0.29) is 24.8 Å². The normalized spacial score (nSPS) is 25.6. The van der Waals surface area contributed by atoms with Gasteiger partial charge < -0.3 is 0 Å². The van der Waals surface area contributed by atoms with Crippen molar-refractivity contribution in [3.63, 3.8) is 0 Å². The molecule has 1 aromatic rings. The summed E-state index contributed by atoms with van der Waals surface area (Å²) in [5.74, 6) is 4.28. The smallest absolute Gasteiger partial charge is 0.271 e. The van der Waals surface area contributed by atoms with Crippen molar-refractivity contribution in [1.29, 1.82) is 0 Å². The summed E-state index contributed by atoms with van der Waals surface area (Å²) in [5, 5.41) is 4.17. The van der Waals surface area contributed by atoms with Gasteiger partial charge in [0.2, 0.25) is 0 Å². The number of nitrogens with zero attached hydrogens (tertiary/aromatic N) is 2. The van der Waals surface area contributed by atoms with E-state index < -0.39 is 12.1 Å². The van der Waals surface area contributed by atoms with E-state index in [0.29, 0.717) is 13.0 Å². The molecule has 0 aromatic carbocycles. The molecule has 114 valence electrons. The van der Waals surface area contributed by atoms with Crippen molar-refractivity contribution in [2.75, 3.05) is 0 Å². The maximum Gasteiger partial charge on any atom is 0.391 e. The Bertz CT molecular complexity index is 429. The van der Waals surface area contributed by atoms with E-state index in [9.17, 15) is 13.2 Å². The molecule has 3 unspecified atom stereocenters. The number of rotatable bonds is 4. The highest BCUT2D eigenvalue weighted by Crippen LogP contribution is 2.43. The average Bonchev–Trinajstić information content (AvgIpc) is 2.87. The van der Waals surface area contributed by atoms with Crippen LogP contribution in [0.2, 0.25) is 0 Å². The number of alkyl halides is 3. The molecular formula is C13H21F3N4. The second-order valence-corrected chi connectivity index (χ2v) is 5.38. The summed E-state index contributed by atoms with van der Waals surface area (Å²) in [6, 6.07) is 1.55. The van der Waals surface area contributed by atoms with Gasteiger partial charge in [-0.1, -0.05) is 6.42 Å². The van der Waals surface area contributed by atoms with Crippen LogP contribution in [-0.4, -0.2) is 16.0 Å². The van der Waals surface area contributed by atoms with E-state index in [1.54, 1.807) is 10.9 Å². The van der Waals surface area contributed by atoms with Gasteiger partial charge in [0.05, 0.1) is 17.7 Å². The van der Waals surface area contributed by atoms with Crippen LogP contribution in [0.15, 0.2) is 12.3 Å². The van der Waals surface area contributed by atoms with E-state index in [2.05, 4.69) is 10.5 Å². The summed E-state index contributed by atoms with van der Waals surface area (Å²) < 4.78 is 40.5. The fourth-order valence-corrected chi connectivity index (χ4v) is 3.16. The Morgan fingerprint density at radius 2 is 2.25 bits per heavy atom. The number of aryl methyl sites for hydroxylation is 1. The number of hydrogen-bond acceptors (Lipinski definition) is 3. The summed E-state index contributed by atoms with van der Waals surface area (Å²) in [5.41, 5.74) is 3.56. The summed E-state index contributed by atoms with van der Waals surface area (Å²) in [6.45, 7) is 2.62. The Morgan fingerprint density at radius 3 is 2.85 bits per heavy atom. The molecule has 20 heavy (non-hydrogen) atoms. The first kappa shape index (κ1) is 15.3. The fourth-order valence-electron chi connectivity index (χ4n) is 3.16. The minimum atomic E-state index is -4.11. The Balaban J connectivity index is 2.15. The predicted molar refractivity (Wildman–Crippen MR) is 69.5 cm³/mol. The van der Waals surface area contributed by atoms with Gasteiger partial charge in [-0.2, -0.15) is 18.3 Å². The summed E-state index contributed by atoms with van der Waals surface area (Å²) in [4.78, 5) is 0. The summed E-state index contributed by atoms with van der Waals surface area (Å²) in [6.07, 6.45) is -0.739. The predicted octanol–water partition coefficient (Wildman–Crippen LogP) is 2.78. The first-order chi connectivity index (χ1) is 9.47. The SMILES string of the molecule is CCn1nccc1C(NN)C1CCCC(C(F)(F)F)C1. The number of hydrogen-bond donors (Lipinski definition) is 2. The highest BCUT2D eigenvalue weighted by atomic mass is 19.4. The Labute approximate surface area is 116 Å². The van der Waals surface area contributed by atoms with Gasteiger partial charge in [-0.05, 0) is 38.2 Å². The molecule has 1 aliphatic carbocycles. The molecule has 1 heterocycles. The van der Waals surface area contributed by atoms with Crippen molar-refractivity contribution in [1.82, 2.24) is 15.2 Å². The zero-order chi connectivity index (χ0) is 14.8. The maximum atomic E-state index is 12.9. The average molecular weight is 290 g/mol. The molecule has 3 atom stereocenters. The van der Waals surface area contributed by atoms with E-state index in [0.717, 1.165) is 12.1 Å². The second kappa shape index (κ2) is 6.13. The lowest BCUT2D eigenvalue weighted by Gasteiger charge is -2.35. The third-order valence-corrected chi connectivity index (χ3v) is 4.20. The largest absolute Gasteiger partial charge is 0.391 e. The second-order valence-electron chi connectivity index (χ2n) is 5.38. The van der Waals surface area contributed by atoms with Crippen molar-refractivity contribution in [2.24, 2.45) is 17.7 Å². The molecular weight excluding hydrogens is 269 g/mol. The molecule has 7 heteroatoms. The number of nitrogens with two attached hydrogens (primary N) is 1. The molecule has 1 saturated carbocycles. The lowest BCUT2D eigenvalue weighted by atomic mass is 9.77. The summed E-state index contributed by atoms with van der Waals surface area (Å²) in [7, 11) is 0. The van der Waals surface area contributed by atoms with Crippen molar-refractivity contribution >= 4 is 0 Å². The van der Waals surface area contributed by atoms with Crippen LogP contribution in [-0.2, 0) is 6.54 Å². The quantitative estimate of drug-likeness (QED) is 0.662. The highest BCUT2D eigenvalue weighted by molar-refractivity contribution is 5.09. The van der Waals surface area contributed by atoms with E-state index in [1.165, 1.54) is 0 Å². The first-order valence-corrected chi connectivity index (χ1v) is 7.02. The molecule has 0 saturated heterocycles. The van der Waals surface area contributed by atoms with Crippen LogP contribution in [0.3, 0.4) is 0 Å². The van der Waals surface area contributed by atoms with Gasteiger partial charge in [0.1, 0.15) is 0 Å². The molecule has 3 N–H and O–H groups in total. The zero-order valence-corrected chi connectivity index (χ0v) is 11.5. The van der Waals surface area contributed by atoms with E-state index in [1.807, 2.05) is 13.0 Å². The van der Waals surface area contributed by atoms with Crippen LogP contribution in [0, 0.1) is 11.8 Å². The molecule has 0 bridgehead atoms. The van der Waals surface area contributed by atoms with Gasteiger partial charge in [-0.3, -0.25) is 16.0 Å². The van der Waals surface area contributed by atoms with Crippen molar-refractivity contribution < 1.29 is 13.2 Å². The monoisotopic (exact) mass is 290 g/mol. The fraction of sp³-hybridized carbons (Fsp3) is 0.769. The number of nitrogens with one attached hydrogen (secondary N) is 1. The van der Waals surface area contributed by atoms with Crippen LogP contribution in [0.5, 0.6) is 0 Å². The van der Waals surface area contributed by atoms with Crippen LogP contribution in [0.4, 0.5) is 13.2 Å². The number of hydrazine groups is 1. The van der Waals surface area contributed by atoms with Gasteiger partial charge in [-0.15, -0.1) is 0 Å². The Kier molecular flexibility index (Phi) is 4.70. The standard InChI is InChI=1S/C13H21F3N4/c1-2-20-11(6-7-18-20)12(19-17)9-4-3-5-10(8-9)13(14,15)16/h6-7,9-10,12,19H,2-5,8,17H2,1H3. The Morgan fingerprint density at radius 1 is 1.50 bits per heavy atom. The number of aromatic nitrogens is 2. The topological polar surface area (TPSA) is 55.9 Å². The van der Waals surface area contributed by atoms with Gasteiger partial charge in [0.25, 0.3) is 0 Å².